The summed E-state index contributed by atoms with van der Waals surface area (Å²) in [6, 6.07) is 27.3. The minimum Gasteiger partial charge on any atom is -0.468 e. The molecule has 1 fully saturated rings. The summed E-state index contributed by atoms with van der Waals surface area (Å²) in [5.74, 6) is -0.478. The summed E-state index contributed by atoms with van der Waals surface area (Å²) in [6.45, 7) is 1.26. The molecule has 6 nitrogen and oxygen atoms in total. The molecule has 35 heavy (non-hydrogen) atoms. The maximum atomic E-state index is 13.6. The number of amides is 1. The molecular formula is C29H27N3O3. The molecule has 1 aliphatic heterocycles. The summed E-state index contributed by atoms with van der Waals surface area (Å²) in [7, 11) is 1.40. The Hall–Kier alpha value is -4.03. The molecule has 5 rings (SSSR count). The average molecular weight is 466 g/mol. The van der Waals surface area contributed by atoms with Crippen LogP contribution in [0, 0.1) is 0 Å². The van der Waals surface area contributed by atoms with Crippen molar-refractivity contribution in [1.82, 2.24) is 14.8 Å². The highest BCUT2D eigenvalue weighted by Gasteiger charge is 2.40. The predicted octanol–water partition coefficient (Wildman–Crippen LogP) is 4.32. The Kier molecular flexibility index (Phi) is 6.55. The van der Waals surface area contributed by atoms with Gasteiger partial charge in [-0.25, -0.2) is 0 Å². The van der Waals surface area contributed by atoms with Crippen molar-refractivity contribution in [2.45, 2.75) is 12.1 Å². The lowest BCUT2D eigenvalue weighted by Crippen LogP contribution is -2.59. The number of ether oxygens (including phenoxy) is 1. The number of carbonyl (C=O) groups is 2. The molecular weight excluding hydrogens is 438 g/mol. The number of methoxy groups -OCH3 is 1. The first-order valence-corrected chi connectivity index (χ1v) is 11.7. The lowest BCUT2D eigenvalue weighted by Gasteiger charge is -2.44. The van der Waals surface area contributed by atoms with Crippen LogP contribution in [0.1, 0.15) is 27.5 Å². The number of nitrogens with zero attached hydrogens (tertiary/aromatic N) is 3. The molecule has 0 N–H and O–H groups in total. The van der Waals surface area contributed by atoms with Gasteiger partial charge in [0, 0.05) is 37.4 Å². The normalized spacial score (nSPS) is 16.4. The van der Waals surface area contributed by atoms with Crippen LogP contribution in [0.2, 0.25) is 0 Å². The molecule has 176 valence electrons. The van der Waals surface area contributed by atoms with Crippen LogP contribution in [-0.4, -0.2) is 59.4 Å². The van der Waals surface area contributed by atoms with Crippen LogP contribution in [0.3, 0.4) is 0 Å². The van der Waals surface area contributed by atoms with Crippen LogP contribution < -0.4 is 0 Å². The highest BCUT2D eigenvalue weighted by Crippen LogP contribution is 2.33. The highest BCUT2D eigenvalue weighted by molar-refractivity contribution is 6.06. The van der Waals surface area contributed by atoms with Crippen molar-refractivity contribution in [2.75, 3.05) is 26.7 Å². The van der Waals surface area contributed by atoms with Gasteiger partial charge in [-0.3, -0.25) is 19.5 Å². The summed E-state index contributed by atoms with van der Waals surface area (Å²) in [6.07, 6.45) is 3.37. The fourth-order valence-electron chi connectivity index (χ4n) is 4.94. The molecule has 0 spiro atoms. The third-order valence-electron chi connectivity index (χ3n) is 6.64. The van der Waals surface area contributed by atoms with Gasteiger partial charge in [0.1, 0.15) is 6.04 Å². The Morgan fingerprint density at radius 2 is 1.49 bits per heavy atom. The van der Waals surface area contributed by atoms with Crippen LogP contribution in [0.25, 0.3) is 10.8 Å². The number of esters is 1. The number of aromatic nitrogens is 1. The van der Waals surface area contributed by atoms with E-state index in [0.717, 1.165) is 21.9 Å². The van der Waals surface area contributed by atoms with E-state index in [4.69, 9.17) is 4.74 Å². The second kappa shape index (κ2) is 10.1. The van der Waals surface area contributed by atoms with Gasteiger partial charge in [0.15, 0.2) is 0 Å². The van der Waals surface area contributed by atoms with E-state index in [0.29, 0.717) is 18.7 Å². The van der Waals surface area contributed by atoms with Crippen LogP contribution in [0.4, 0.5) is 0 Å². The molecule has 4 aromatic rings. The molecule has 1 amide bonds. The van der Waals surface area contributed by atoms with Crippen molar-refractivity contribution >= 4 is 22.6 Å². The quantitative estimate of drug-likeness (QED) is 0.411. The highest BCUT2D eigenvalue weighted by atomic mass is 16.5. The summed E-state index contributed by atoms with van der Waals surface area (Å²) in [5.41, 5.74) is 2.72. The van der Waals surface area contributed by atoms with Gasteiger partial charge in [0.05, 0.1) is 18.7 Å². The van der Waals surface area contributed by atoms with Crippen LogP contribution >= 0.6 is 0 Å². The number of carbonyl (C=O) groups excluding carboxylic acids is 2. The number of hydrogen-bond donors (Lipinski definition) is 0. The van der Waals surface area contributed by atoms with Gasteiger partial charge in [-0.05, 0) is 16.5 Å². The number of piperazine rings is 1. The second-order valence-corrected chi connectivity index (χ2v) is 8.66. The Morgan fingerprint density at radius 3 is 2.14 bits per heavy atom. The first kappa shape index (κ1) is 22.7. The molecule has 1 atom stereocenters. The summed E-state index contributed by atoms with van der Waals surface area (Å²) in [5, 5.41) is 1.77. The van der Waals surface area contributed by atoms with Crippen molar-refractivity contribution in [1.29, 1.82) is 0 Å². The van der Waals surface area contributed by atoms with Gasteiger partial charge in [-0.15, -0.1) is 0 Å². The zero-order valence-electron chi connectivity index (χ0n) is 19.6. The number of hydrogen-bond acceptors (Lipinski definition) is 5. The van der Waals surface area contributed by atoms with Crippen molar-refractivity contribution in [3.63, 3.8) is 0 Å². The summed E-state index contributed by atoms with van der Waals surface area (Å²) >= 11 is 0. The largest absolute Gasteiger partial charge is 0.468 e. The van der Waals surface area contributed by atoms with E-state index in [1.54, 1.807) is 17.3 Å². The molecule has 1 aromatic heterocycles. The Bertz CT molecular complexity index is 1280. The average Bonchev–Trinajstić information content (AvgIpc) is 2.93. The molecule has 0 aliphatic carbocycles. The van der Waals surface area contributed by atoms with Crippen LogP contribution in [0.5, 0.6) is 0 Å². The third kappa shape index (κ3) is 4.53. The van der Waals surface area contributed by atoms with E-state index in [-0.39, 0.29) is 24.5 Å². The first-order chi connectivity index (χ1) is 17.2. The molecule has 0 bridgehead atoms. The Balaban J connectivity index is 1.49. The maximum Gasteiger partial charge on any atom is 0.324 e. The van der Waals surface area contributed by atoms with E-state index in [2.05, 4.69) is 34.1 Å². The molecule has 0 saturated carbocycles. The number of rotatable bonds is 5. The van der Waals surface area contributed by atoms with Gasteiger partial charge in [0.2, 0.25) is 0 Å². The molecule has 1 saturated heterocycles. The Labute approximate surface area is 204 Å². The lowest BCUT2D eigenvalue weighted by molar-refractivity contribution is -0.150. The maximum absolute atomic E-state index is 13.6. The molecule has 0 radical (unpaired) electrons. The number of fused-ring (bicyclic) bond motifs is 1. The summed E-state index contributed by atoms with van der Waals surface area (Å²) < 4.78 is 5.21. The number of pyridine rings is 1. The summed E-state index contributed by atoms with van der Waals surface area (Å²) in [4.78, 5) is 34.8. The molecule has 1 aliphatic rings. The van der Waals surface area contributed by atoms with E-state index in [1.165, 1.54) is 7.11 Å². The van der Waals surface area contributed by atoms with Crippen molar-refractivity contribution in [3.8, 4) is 0 Å². The van der Waals surface area contributed by atoms with Gasteiger partial charge < -0.3 is 9.64 Å². The molecule has 0 unspecified atom stereocenters. The molecule has 2 heterocycles. The minimum atomic E-state index is -0.606. The number of benzene rings is 3. The van der Waals surface area contributed by atoms with Gasteiger partial charge in [0.25, 0.3) is 5.91 Å². The monoisotopic (exact) mass is 465 g/mol. The fraction of sp³-hybridized carbons (Fsp3) is 0.207. The second-order valence-electron chi connectivity index (χ2n) is 8.66. The topological polar surface area (TPSA) is 62.7 Å². The first-order valence-electron chi connectivity index (χ1n) is 11.7. The molecule has 6 heteroatoms. The van der Waals surface area contributed by atoms with Crippen molar-refractivity contribution in [2.24, 2.45) is 0 Å². The zero-order valence-corrected chi connectivity index (χ0v) is 19.6. The van der Waals surface area contributed by atoms with Crippen molar-refractivity contribution < 1.29 is 14.3 Å². The van der Waals surface area contributed by atoms with E-state index in [1.807, 2.05) is 60.7 Å². The van der Waals surface area contributed by atoms with Gasteiger partial charge in [-0.2, -0.15) is 0 Å². The van der Waals surface area contributed by atoms with E-state index < -0.39 is 6.04 Å². The SMILES string of the molecule is COC(=O)[C@H]1CN(C(=O)c2cncc3ccccc23)CCN1C(c1ccccc1)c1ccccc1. The smallest absolute Gasteiger partial charge is 0.324 e. The minimum absolute atomic E-state index is 0.126. The van der Waals surface area contributed by atoms with Crippen LogP contribution in [0.15, 0.2) is 97.3 Å². The lowest BCUT2D eigenvalue weighted by atomic mass is 9.94. The third-order valence-corrected chi connectivity index (χ3v) is 6.64. The fourth-order valence-corrected chi connectivity index (χ4v) is 4.94. The van der Waals surface area contributed by atoms with Gasteiger partial charge in [-0.1, -0.05) is 84.9 Å². The van der Waals surface area contributed by atoms with Crippen LogP contribution in [-0.2, 0) is 9.53 Å². The van der Waals surface area contributed by atoms with E-state index in [9.17, 15) is 9.59 Å². The van der Waals surface area contributed by atoms with Gasteiger partial charge >= 0.3 is 5.97 Å². The van der Waals surface area contributed by atoms with Crippen molar-refractivity contribution in [3.05, 3.63) is 114 Å². The zero-order chi connectivity index (χ0) is 24.2. The standard InChI is InChI=1S/C29H27N3O3/c1-35-29(34)26-20-31(28(33)25-19-30-18-23-14-8-9-15-24(23)25)16-17-32(26)27(21-10-4-2-5-11-21)22-12-6-3-7-13-22/h2-15,18-19,26-27H,16-17,20H2,1H3/t26-/m1/s1. The predicted molar refractivity (Wildman–Crippen MR) is 135 cm³/mol. The molecule has 3 aromatic carbocycles. The van der Waals surface area contributed by atoms with E-state index >= 15 is 0 Å². The Morgan fingerprint density at radius 1 is 0.857 bits per heavy atom.